The zero-order chi connectivity index (χ0) is 12.3. The fourth-order valence-corrected chi connectivity index (χ4v) is 1.41. The molecular weight excluding hydrogens is 212 g/mol. The van der Waals surface area contributed by atoms with Crippen molar-refractivity contribution in [1.82, 2.24) is 0 Å². The third-order valence-electron chi connectivity index (χ3n) is 2.74. The van der Waals surface area contributed by atoms with Gasteiger partial charge in [-0.05, 0) is 19.8 Å². The molecule has 0 heterocycles. The van der Waals surface area contributed by atoms with Gasteiger partial charge in [0.1, 0.15) is 5.41 Å². The normalized spacial score (nSPS) is 24.4. The highest BCUT2D eigenvalue weighted by Crippen LogP contribution is 2.32. The minimum atomic E-state index is -1.37. The van der Waals surface area contributed by atoms with Gasteiger partial charge in [-0.15, -0.1) is 0 Å². The lowest BCUT2D eigenvalue weighted by Crippen LogP contribution is -2.39. The van der Waals surface area contributed by atoms with Crippen LogP contribution in [0.15, 0.2) is 0 Å². The third-order valence-corrected chi connectivity index (χ3v) is 2.74. The molecule has 2 N–H and O–H groups in total. The highest BCUT2D eigenvalue weighted by atomic mass is 17.2. The molecule has 0 aromatic rings. The van der Waals surface area contributed by atoms with E-state index in [4.69, 9.17) is 10.8 Å². The van der Waals surface area contributed by atoms with Crippen LogP contribution in [-0.4, -0.2) is 23.4 Å². The molecule has 6 nitrogen and oxygen atoms in total. The van der Waals surface area contributed by atoms with E-state index in [0.29, 0.717) is 12.8 Å². The first kappa shape index (κ1) is 12.4. The van der Waals surface area contributed by atoms with Gasteiger partial charge < -0.3 is 10.8 Å². The lowest BCUT2D eigenvalue weighted by atomic mass is 9.86. The Kier molecular flexibility index (Phi) is 3.41. The van der Waals surface area contributed by atoms with Crippen molar-refractivity contribution in [2.45, 2.75) is 33.1 Å². The molecule has 0 aromatic carbocycles. The Morgan fingerprint density at radius 3 is 2.19 bits per heavy atom. The predicted molar refractivity (Wildman–Crippen MR) is 55.3 cm³/mol. The maximum atomic E-state index is 11.6. The zero-order valence-electron chi connectivity index (χ0n) is 9.25. The summed E-state index contributed by atoms with van der Waals surface area (Å²) in [5.74, 6) is -1.53. The van der Waals surface area contributed by atoms with Crippen molar-refractivity contribution in [1.29, 1.82) is 10.8 Å². The topological polar surface area (TPSA) is 100 Å². The zero-order valence-corrected chi connectivity index (χ0v) is 9.25. The van der Waals surface area contributed by atoms with Gasteiger partial charge >= 0.3 is 11.9 Å². The molecule has 0 aromatic heterocycles. The average molecular weight is 226 g/mol. The summed E-state index contributed by atoms with van der Waals surface area (Å²) in [6.07, 6.45) is 0.831. The first-order valence-electron chi connectivity index (χ1n) is 5.00. The monoisotopic (exact) mass is 226 g/mol. The van der Waals surface area contributed by atoms with Gasteiger partial charge in [0, 0.05) is 17.8 Å². The molecule has 0 aliphatic heterocycles. The predicted octanol–water partition coefficient (Wildman–Crippen LogP) is 1.24. The molecule has 0 unspecified atom stereocenters. The summed E-state index contributed by atoms with van der Waals surface area (Å²) in [7, 11) is 0. The second kappa shape index (κ2) is 4.42. The van der Waals surface area contributed by atoms with Crippen LogP contribution >= 0.6 is 0 Å². The molecule has 1 aliphatic carbocycles. The number of rotatable bonds is 2. The van der Waals surface area contributed by atoms with Crippen LogP contribution in [0.25, 0.3) is 0 Å². The molecule has 0 amide bonds. The van der Waals surface area contributed by atoms with Crippen LogP contribution in [0.3, 0.4) is 0 Å². The summed E-state index contributed by atoms with van der Waals surface area (Å²) in [4.78, 5) is 31.0. The smallest absolute Gasteiger partial charge is 0.308 e. The first-order chi connectivity index (χ1) is 7.42. The van der Waals surface area contributed by atoms with E-state index >= 15 is 0 Å². The Balaban J connectivity index is 2.69. The molecule has 16 heavy (non-hydrogen) atoms. The van der Waals surface area contributed by atoms with Crippen molar-refractivity contribution in [2.75, 3.05) is 0 Å². The number of carbonyl (C=O) groups excluding carboxylic acids is 2. The van der Waals surface area contributed by atoms with E-state index < -0.39 is 17.4 Å². The summed E-state index contributed by atoms with van der Waals surface area (Å²) < 4.78 is 0. The maximum Gasteiger partial charge on any atom is 0.372 e. The summed E-state index contributed by atoms with van der Waals surface area (Å²) in [5.41, 5.74) is -1.13. The van der Waals surface area contributed by atoms with Gasteiger partial charge in [0.2, 0.25) is 0 Å². The summed E-state index contributed by atoms with van der Waals surface area (Å²) in [5, 5.41) is 15.2. The van der Waals surface area contributed by atoms with E-state index in [9.17, 15) is 9.59 Å². The molecule has 88 valence electrons. The minimum absolute atomic E-state index is 0.0961. The summed E-state index contributed by atoms with van der Waals surface area (Å²) in [6.45, 7) is 3.00. The first-order valence-corrected chi connectivity index (χ1v) is 5.00. The third kappa shape index (κ3) is 1.95. The van der Waals surface area contributed by atoms with Crippen LogP contribution in [0.1, 0.15) is 33.1 Å². The van der Waals surface area contributed by atoms with Crippen molar-refractivity contribution < 1.29 is 19.4 Å². The number of nitrogens with one attached hydrogen (secondary N) is 2. The molecule has 1 rings (SSSR count). The quantitative estimate of drug-likeness (QED) is 0.546. The van der Waals surface area contributed by atoms with Crippen LogP contribution in [0.5, 0.6) is 0 Å². The molecular formula is C10H14N2O4. The van der Waals surface area contributed by atoms with E-state index in [0.717, 1.165) is 0 Å². The van der Waals surface area contributed by atoms with Crippen LogP contribution < -0.4 is 0 Å². The molecule has 1 saturated carbocycles. The van der Waals surface area contributed by atoms with E-state index in [-0.39, 0.29) is 17.8 Å². The Morgan fingerprint density at radius 2 is 1.75 bits per heavy atom. The van der Waals surface area contributed by atoms with Crippen LogP contribution in [0, 0.1) is 16.2 Å². The second-order valence-electron chi connectivity index (χ2n) is 3.76. The fourth-order valence-electron chi connectivity index (χ4n) is 1.41. The van der Waals surface area contributed by atoms with Crippen molar-refractivity contribution in [2.24, 2.45) is 5.41 Å². The molecule has 6 heteroatoms. The molecule has 1 aliphatic rings. The molecule has 0 atom stereocenters. The van der Waals surface area contributed by atoms with E-state index in [1.807, 2.05) is 0 Å². The fraction of sp³-hybridized carbons (Fsp3) is 0.600. The van der Waals surface area contributed by atoms with Crippen molar-refractivity contribution >= 4 is 23.4 Å². The second-order valence-corrected chi connectivity index (χ2v) is 3.76. The highest BCUT2D eigenvalue weighted by Gasteiger charge is 2.48. The van der Waals surface area contributed by atoms with Crippen LogP contribution in [0.2, 0.25) is 0 Å². The Labute approximate surface area is 92.9 Å². The summed E-state index contributed by atoms with van der Waals surface area (Å²) >= 11 is 0. The highest BCUT2D eigenvalue weighted by molar-refractivity contribution is 6.27. The number of hydrogen-bond donors (Lipinski definition) is 2. The lowest BCUT2D eigenvalue weighted by Gasteiger charge is -2.20. The largest absolute Gasteiger partial charge is 0.372 e. The van der Waals surface area contributed by atoms with E-state index in [1.54, 1.807) is 6.92 Å². The van der Waals surface area contributed by atoms with Gasteiger partial charge in [-0.25, -0.2) is 19.4 Å². The van der Waals surface area contributed by atoms with Gasteiger partial charge in [0.05, 0.1) is 0 Å². The Hall–Kier alpha value is -1.72. The Morgan fingerprint density at radius 1 is 1.25 bits per heavy atom. The molecule has 0 bridgehead atoms. The number of carbonyl (C=O) groups is 2. The Bertz CT molecular complexity index is 346. The SMILES string of the molecule is CCC(=O)OOC(=O)C1(C)C(=N)CCC1=N. The van der Waals surface area contributed by atoms with Gasteiger partial charge in [-0.2, -0.15) is 0 Å². The molecule has 0 radical (unpaired) electrons. The summed E-state index contributed by atoms with van der Waals surface area (Å²) in [6, 6.07) is 0. The van der Waals surface area contributed by atoms with Gasteiger partial charge in [0.25, 0.3) is 0 Å². The van der Waals surface area contributed by atoms with Gasteiger partial charge in [-0.3, -0.25) is 0 Å². The number of hydrogen-bond acceptors (Lipinski definition) is 6. The molecule has 0 spiro atoms. The molecule has 1 fully saturated rings. The van der Waals surface area contributed by atoms with Gasteiger partial charge in [-0.1, -0.05) is 6.92 Å². The minimum Gasteiger partial charge on any atom is -0.308 e. The molecule has 0 saturated heterocycles. The standard InChI is InChI=1S/C10H14N2O4/c1-3-8(13)15-16-9(14)10(2)6(11)4-5-7(10)12/h11-12H,3-5H2,1-2H3. The lowest BCUT2D eigenvalue weighted by molar-refractivity contribution is -0.261. The maximum absolute atomic E-state index is 11.6. The van der Waals surface area contributed by atoms with E-state index in [1.165, 1.54) is 6.92 Å². The van der Waals surface area contributed by atoms with Crippen LogP contribution in [0.4, 0.5) is 0 Å². The van der Waals surface area contributed by atoms with Crippen LogP contribution in [-0.2, 0) is 19.4 Å². The van der Waals surface area contributed by atoms with E-state index in [2.05, 4.69) is 9.78 Å². The van der Waals surface area contributed by atoms with Crippen molar-refractivity contribution in [3.63, 3.8) is 0 Å². The van der Waals surface area contributed by atoms with Gasteiger partial charge in [0.15, 0.2) is 0 Å². The van der Waals surface area contributed by atoms with Crippen molar-refractivity contribution in [3.05, 3.63) is 0 Å². The van der Waals surface area contributed by atoms with Crippen molar-refractivity contribution in [3.8, 4) is 0 Å². The average Bonchev–Trinajstić information content (AvgIpc) is 2.54.